The Kier molecular flexibility index (Phi) is 4.74. The van der Waals surface area contributed by atoms with Crippen molar-refractivity contribution in [3.8, 4) is 0 Å². The molecule has 0 radical (unpaired) electrons. The zero-order valence-electron chi connectivity index (χ0n) is 14.0. The molecular weight excluding hydrogens is 321 g/mol. The highest BCUT2D eigenvalue weighted by atomic mass is 19.1. The van der Waals surface area contributed by atoms with Gasteiger partial charge in [0.2, 0.25) is 5.95 Å². The highest BCUT2D eigenvalue weighted by Gasteiger charge is 2.07. The second-order valence-corrected chi connectivity index (χ2v) is 5.82. The summed E-state index contributed by atoms with van der Waals surface area (Å²) in [5.74, 6) is -0.0472. The molecule has 0 spiro atoms. The van der Waals surface area contributed by atoms with Crippen LogP contribution in [0, 0.1) is 5.82 Å². The average Bonchev–Trinajstić information content (AvgIpc) is 2.60. The normalized spacial score (nSPS) is 10.5. The lowest BCUT2D eigenvalue weighted by atomic mass is 10.1. The van der Waals surface area contributed by atoms with Crippen molar-refractivity contribution < 1.29 is 4.39 Å². The van der Waals surface area contributed by atoms with E-state index < -0.39 is 0 Å². The molecule has 7 heteroatoms. The number of rotatable bonds is 5. The summed E-state index contributed by atoms with van der Waals surface area (Å²) < 4.78 is 12.9. The Balaban J connectivity index is 1.73. The van der Waals surface area contributed by atoms with Crippen molar-refractivity contribution >= 4 is 17.3 Å². The van der Waals surface area contributed by atoms with Crippen molar-refractivity contribution in [1.29, 1.82) is 0 Å². The number of aromatic nitrogens is 3. The molecule has 128 valence electrons. The molecule has 2 aromatic carbocycles. The van der Waals surface area contributed by atoms with Crippen LogP contribution >= 0.6 is 0 Å². The van der Waals surface area contributed by atoms with E-state index in [1.807, 2.05) is 43.3 Å². The maximum Gasteiger partial charge on any atom is 0.274 e. The predicted molar refractivity (Wildman–Crippen MR) is 95.9 cm³/mol. The number of H-pyrrole nitrogens is 1. The molecule has 6 nitrogen and oxygen atoms in total. The first kappa shape index (κ1) is 16.6. The fourth-order valence-electron chi connectivity index (χ4n) is 2.31. The highest BCUT2D eigenvalue weighted by molar-refractivity contribution is 5.58. The van der Waals surface area contributed by atoms with Gasteiger partial charge in [0.15, 0.2) is 0 Å². The number of halogens is 1. The summed E-state index contributed by atoms with van der Waals surface area (Å²) in [4.78, 5) is 16.8. The van der Waals surface area contributed by atoms with Crippen molar-refractivity contribution in [2.75, 3.05) is 24.3 Å². The lowest BCUT2D eigenvalue weighted by molar-refractivity contribution is 0.627. The molecule has 3 aromatic rings. The molecule has 0 amide bonds. The highest BCUT2D eigenvalue weighted by Crippen LogP contribution is 2.17. The van der Waals surface area contributed by atoms with E-state index in [1.54, 1.807) is 12.1 Å². The SMILES string of the molecule is CN(C)c1ccc(Nc2nnc(Cc3ccc(F)cc3)c(=O)[nH]2)cc1. The molecule has 0 saturated carbocycles. The summed E-state index contributed by atoms with van der Waals surface area (Å²) >= 11 is 0. The van der Waals surface area contributed by atoms with E-state index in [-0.39, 0.29) is 23.0 Å². The molecule has 0 atom stereocenters. The zero-order valence-corrected chi connectivity index (χ0v) is 14.0. The van der Waals surface area contributed by atoms with Crippen molar-refractivity contribution in [3.63, 3.8) is 0 Å². The van der Waals surface area contributed by atoms with Crippen LogP contribution in [0.3, 0.4) is 0 Å². The van der Waals surface area contributed by atoms with Crippen LogP contribution in [0.15, 0.2) is 53.3 Å². The lowest BCUT2D eigenvalue weighted by Crippen LogP contribution is -2.18. The summed E-state index contributed by atoms with van der Waals surface area (Å²) in [5.41, 5.74) is 2.61. The third-order valence-corrected chi connectivity index (χ3v) is 3.70. The quantitative estimate of drug-likeness (QED) is 0.748. The minimum atomic E-state index is -0.327. The molecule has 0 aliphatic carbocycles. The van der Waals surface area contributed by atoms with Crippen molar-refractivity contribution in [3.05, 3.63) is 76.0 Å². The van der Waals surface area contributed by atoms with Crippen LogP contribution in [0.4, 0.5) is 21.7 Å². The Bertz CT molecular complexity index is 904. The van der Waals surface area contributed by atoms with Gasteiger partial charge in [-0.15, -0.1) is 10.2 Å². The number of hydrogen-bond donors (Lipinski definition) is 2. The summed E-state index contributed by atoms with van der Waals surface area (Å²) in [6.45, 7) is 0. The lowest BCUT2D eigenvalue weighted by Gasteiger charge is -2.13. The number of benzene rings is 2. The van der Waals surface area contributed by atoms with Gasteiger partial charge in [-0.25, -0.2) is 4.39 Å². The molecule has 0 unspecified atom stereocenters. The van der Waals surface area contributed by atoms with Crippen molar-refractivity contribution in [1.82, 2.24) is 15.2 Å². The number of hydrogen-bond acceptors (Lipinski definition) is 5. The van der Waals surface area contributed by atoms with Gasteiger partial charge >= 0.3 is 0 Å². The number of aromatic amines is 1. The first-order chi connectivity index (χ1) is 12.0. The Labute approximate surface area is 144 Å². The van der Waals surface area contributed by atoms with Gasteiger partial charge in [0, 0.05) is 31.9 Å². The van der Waals surface area contributed by atoms with Gasteiger partial charge in [0.1, 0.15) is 11.5 Å². The molecule has 1 aromatic heterocycles. The van der Waals surface area contributed by atoms with Crippen LogP contribution < -0.4 is 15.8 Å². The number of anilines is 3. The molecular formula is C18H18FN5O. The molecule has 0 bridgehead atoms. The van der Waals surface area contributed by atoms with Crippen LogP contribution in [-0.4, -0.2) is 29.3 Å². The standard InChI is InChI=1S/C18H18FN5O/c1-24(2)15-9-7-14(8-10-15)20-18-21-17(25)16(22-23-18)11-12-3-5-13(19)6-4-12/h3-10H,11H2,1-2H3,(H2,20,21,23,25). The van der Waals surface area contributed by atoms with Gasteiger partial charge in [0.25, 0.3) is 5.56 Å². The fourth-order valence-corrected chi connectivity index (χ4v) is 2.31. The van der Waals surface area contributed by atoms with Gasteiger partial charge in [-0.05, 0) is 42.0 Å². The van der Waals surface area contributed by atoms with Crippen LogP contribution in [0.1, 0.15) is 11.3 Å². The molecule has 3 rings (SSSR count). The Morgan fingerprint density at radius 3 is 2.32 bits per heavy atom. The molecule has 0 aliphatic heterocycles. The molecule has 2 N–H and O–H groups in total. The van der Waals surface area contributed by atoms with Crippen molar-refractivity contribution in [2.24, 2.45) is 0 Å². The Morgan fingerprint density at radius 2 is 1.72 bits per heavy atom. The Hall–Kier alpha value is -3.22. The summed E-state index contributed by atoms with van der Waals surface area (Å²) in [7, 11) is 3.93. The largest absolute Gasteiger partial charge is 0.378 e. The van der Waals surface area contributed by atoms with E-state index in [2.05, 4.69) is 20.5 Å². The average molecular weight is 339 g/mol. The van der Waals surface area contributed by atoms with E-state index in [1.165, 1.54) is 12.1 Å². The molecule has 0 saturated heterocycles. The molecule has 0 fully saturated rings. The second-order valence-electron chi connectivity index (χ2n) is 5.82. The topological polar surface area (TPSA) is 73.9 Å². The van der Waals surface area contributed by atoms with E-state index >= 15 is 0 Å². The summed E-state index contributed by atoms with van der Waals surface area (Å²) in [5, 5.41) is 11.0. The van der Waals surface area contributed by atoms with Gasteiger partial charge in [-0.1, -0.05) is 12.1 Å². The van der Waals surface area contributed by atoms with Gasteiger partial charge < -0.3 is 10.2 Å². The second kappa shape index (κ2) is 7.12. The third-order valence-electron chi connectivity index (χ3n) is 3.70. The van der Waals surface area contributed by atoms with E-state index in [0.29, 0.717) is 6.42 Å². The van der Waals surface area contributed by atoms with Crippen LogP contribution in [0.5, 0.6) is 0 Å². The monoisotopic (exact) mass is 339 g/mol. The first-order valence-electron chi connectivity index (χ1n) is 7.76. The minimum absolute atomic E-state index is 0.269. The van der Waals surface area contributed by atoms with Crippen LogP contribution in [-0.2, 0) is 6.42 Å². The maximum absolute atomic E-state index is 12.9. The first-order valence-corrected chi connectivity index (χ1v) is 7.76. The maximum atomic E-state index is 12.9. The van der Waals surface area contributed by atoms with E-state index in [9.17, 15) is 9.18 Å². The van der Waals surface area contributed by atoms with Gasteiger partial charge in [-0.2, -0.15) is 0 Å². The molecule has 25 heavy (non-hydrogen) atoms. The van der Waals surface area contributed by atoms with Gasteiger partial charge in [0.05, 0.1) is 0 Å². The van der Waals surface area contributed by atoms with Crippen LogP contribution in [0.25, 0.3) is 0 Å². The van der Waals surface area contributed by atoms with Crippen LogP contribution in [0.2, 0.25) is 0 Å². The smallest absolute Gasteiger partial charge is 0.274 e. The fraction of sp³-hybridized carbons (Fsp3) is 0.167. The van der Waals surface area contributed by atoms with Crippen molar-refractivity contribution in [2.45, 2.75) is 6.42 Å². The number of nitrogens with zero attached hydrogens (tertiary/aromatic N) is 3. The summed E-state index contributed by atoms with van der Waals surface area (Å²) in [6, 6.07) is 13.6. The number of nitrogens with one attached hydrogen (secondary N) is 2. The zero-order chi connectivity index (χ0) is 17.8. The molecule has 0 aliphatic rings. The van der Waals surface area contributed by atoms with E-state index in [4.69, 9.17) is 0 Å². The summed E-state index contributed by atoms with van der Waals surface area (Å²) in [6.07, 6.45) is 0.292. The third kappa shape index (κ3) is 4.20. The minimum Gasteiger partial charge on any atom is -0.378 e. The molecule has 1 heterocycles. The predicted octanol–water partition coefficient (Wildman–Crippen LogP) is 2.70. The van der Waals surface area contributed by atoms with Gasteiger partial charge in [-0.3, -0.25) is 9.78 Å². The van der Waals surface area contributed by atoms with E-state index in [0.717, 1.165) is 16.9 Å². The Morgan fingerprint density at radius 1 is 1.04 bits per heavy atom.